The van der Waals surface area contributed by atoms with E-state index in [2.05, 4.69) is 0 Å². The van der Waals surface area contributed by atoms with Crippen LogP contribution < -0.4 is 0 Å². The molecule has 3 rings (SSSR count). The summed E-state index contributed by atoms with van der Waals surface area (Å²) in [7, 11) is -3.67. The molecule has 34 heavy (non-hydrogen) atoms. The molecule has 1 amide bonds. The second kappa shape index (κ2) is 10.6. The highest BCUT2D eigenvalue weighted by atomic mass is 32.2. The van der Waals surface area contributed by atoms with Crippen molar-refractivity contribution in [1.82, 2.24) is 9.21 Å². The Hall–Kier alpha value is -3.57. The Labute approximate surface area is 197 Å². The Morgan fingerprint density at radius 1 is 1.09 bits per heavy atom. The van der Waals surface area contributed by atoms with Gasteiger partial charge in [0.2, 0.25) is 10.0 Å². The fourth-order valence-corrected chi connectivity index (χ4v) is 5.26. The molecule has 0 bridgehead atoms. The Morgan fingerprint density at radius 3 is 2.41 bits per heavy atom. The number of amides is 1. The lowest BCUT2D eigenvalue weighted by Crippen LogP contribution is -2.51. The van der Waals surface area contributed by atoms with Crippen LogP contribution in [-0.4, -0.2) is 67.2 Å². The first kappa shape index (κ1) is 25.1. The number of rotatable bonds is 7. The standard InChI is InChI=1S/C23H25N3O7S/c1-17-7-9-21(18(2)15-17)34(31,32)25-13-11-24(12-14-25)22(27)16-33-23(28)10-8-19-5-3-4-6-20(19)26(29)30/h3-10,15H,11-14,16H2,1-2H3/b10-8+. The van der Waals surface area contributed by atoms with Gasteiger partial charge >= 0.3 is 5.97 Å². The minimum Gasteiger partial charge on any atom is -0.452 e. The normalized spacial score (nSPS) is 14.8. The number of carbonyl (C=O) groups excluding carboxylic acids is 2. The molecule has 1 aliphatic rings. The molecule has 1 saturated heterocycles. The maximum atomic E-state index is 13.0. The summed E-state index contributed by atoms with van der Waals surface area (Å²) in [6, 6.07) is 11.1. The molecule has 0 atom stereocenters. The minimum absolute atomic E-state index is 0.132. The number of nitro groups is 1. The molecule has 0 unspecified atom stereocenters. The summed E-state index contributed by atoms with van der Waals surface area (Å²) < 4.78 is 32.2. The number of ether oxygens (including phenoxy) is 1. The molecule has 1 aliphatic heterocycles. The van der Waals surface area contributed by atoms with Crippen LogP contribution in [0.2, 0.25) is 0 Å². The van der Waals surface area contributed by atoms with E-state index in [1.54, 1.807) is 25.1 Å². The number of hydrogen-bond acceptors (Lipinski definition) is 7. The number of hydrogen-bond donors (Lipinski definition) is 0. The van der Waals surface area contributed by atoms with Crippen LogP contribution in [0.5, 0.6) is 0 Å². The molecule has 11 heteroatoms. The number of esters is 1. The highest BCUT2D eigenvalue weighted by molar-refractivity contribution is 7.89. The van der Waals surface area contributed by atoms with Crippen LogP contribution in [0.4, 0.5) is 5.69 Å². The van der Waals surface area contributed by atoms with Crippen molar-refractivity contribution in [2.45, 2.75) is 18.7 Å². The van der Waals surface area contributed by atoms with Crippen molar-refractivity contribution in [3.8, 4) is 0 Å². The summed E-state index contributed by atoms with van der Waals surface area (Å²) in [6.45, 7) is 3.74. The molecule has 1 fully saturated rings. The molecule has 180 valence electrons. The summed E-state index contributed by atoms with van der Waals surface area (Å²) in [4.78, 5) is 36.5. The van der Waals surface area contributed by atoms with E-state index in [9.17, 15) is 28.1 Å². The quantitative estimate of drug-likeness (QED) is 0.254. The van der Waals surface area contributed by atoms with Crippen LogP contribution in [0, 0.1) is 24.0 Å². The van der Waals surface area contributed by atoms with E-state index in [0.717, 1.165) is 11.6 Å². The van der Waals surface area contributed by atoms with Crippen molar-refractivity contribution in [1.29, 1.82) is 0 Å². The number of carbonyl (C=O) groups is 2. The van der Waals surface area contributed by atoms with Crippen molar-refractivity contribution in [3.63, 3.8) is 0 Å². The first-order valence-corrected chi connectivity index (χ1v) is 12.0. The van der Waals surface area contributed by atoms with E-state index in [4.69, 9.17) is 4.74 Å². The van der Waals surface area contributed by atoms with Crippen molar-refractivity contribution in [2.24, 2.45) is 0 Å². The van der Waals surface area contributed by atoms with Crippen molar-refractivity contribution in [3.05, 3.63) is 75.3 Å². The zero-order valence-electron chi connectivity index (χ0n) is 18.8. The minimum atomic E-state index is -3.67. The molecular weight excluding hydrogens is 462 g/mol. The van der Waals surface area contributed by atoms with E-state index in [-0.39, 0.29) is 42.3 Å². The maximum Gasteiger partial charge on any atom is 0.331 e. The molecule has 0 radical (unpaired) electrons. The van der Waals surface area contributed by atoms with Gasteiger partial charge in [0.25, 0.3) is 11.6 Å². The number of piperazine rings is 1. The van der Waals surface area contributed by atoms with Gasteiger partial charge in [-0.15, -0.1) is 0 Å². The van der Waals surface area contributed by atoms with Crippen LogP contribution in [0.1, 0.15) is 16.7 Å². The number of nitro benzene ring substituents is 1. The molecule has 2 aromatic carbocycles. The molecule has 10 nitrogen and oxygen atoms in total. The van der Waals surface area contributed by atoms with Gasteiger partial charge in [-0.05, 0) is 37.6 Å². The third-order valence-electron chi connectivity index (χ3n) is 5.41. The van der Waals surface area contributed by atoms with Crippen LogP contribution in [0.3, 0.4) is 0 Å². The third kappa shape index (κ3) is 5.86. The van der Waals surface area contributed by atoms with Crippen LogP contribution in [-0.2, 0) is 24.3 Å². The first-order chi connectivity index (χ1) is 16.1. The summed E-state index contributed by atoms with van der Waals surface area (Å²) in [5.74, 6) is -1.27. The van der Waals surface area contributed by atoms with Gasteiger partial charge < -0.3 is 9.64 Å². The highest BCUT2D eigenvalue weighted by Crippen LogP contribution is 2.22. The smallest absolute Gasteiger partial charge is 0.331 e. The SMILES string of the molecule is Cc1ccc(S(=O)(=O)N2CCN(C(=O)COC(=O)/C=C/c3ccccc3[N+](=O)[O-])CC2)c(C)c1. The summed E-state index contributed by atoms with van der Waals surface area (Å²) in [6.07, 6.45) is 2.27. The number of benzene rings is 2. The van der Waals surface area contributed by atoms with Gasteiger partial charge in [0.05, 0.1) is 15.4 Å². The third-order valence-corrected chi connectivity index (χ3v) is 7.47. The number of para-hydroxylation sites is 1. The fourth-order valence-electron chi connectivity index (χ4n) is 3.63. The number of sulfonamides is 1. The van der Waals surface area contributed by atoms with E-state index < -0.39 is 33.4 Å². The van der Waals surface area contributed by atoms with E-state index in [1.165, 1.54) is 33.5 Å². The molecule has 0 aliphatic carbocycles. The summed E-state index contributed by atoms with van der Waals surface area (Å²) in [5.41, 5.74) is 1.71. The first-order valence-electron chi connectivity index (χ1n) is 10.5. The van der Waals surface area contributed by atoms with E-state index in [1.807, 2.05) is 13.0 Å². The average Bonchev–Trinajstić information content (AvgIpc) is 2.81. The Morgan fingerprint density at radius 2 is 1.76 bits per heavy atom. The Bertz CT molecular complexity index is 1230. The lowest BCUT2D eigenvalue weighted by molar-refractivity contribution is -0.385. The second-order valence-electron chi connectivity index (χ2n) is 7.81. The molecule has 0 N–H and O–H groups in total. The van der Waals surface area contributed by atoms with Crippen molar-refractivity contribution >= 4 is 33.7 Å². The summed E-state index contributed by atoms with van der Waals surface area (Å²) in [5, 5.41) is 11.0. The Balaban J connectivity index is 1.52. The van der Waals surface area contributed by atoms with Crippen LogP contribution in [0.25, 0.3) is 6.08 Å². The molecule has 0 saturated carbocycles. The average molecular weight is 488 g/mol. The highest BCUT2D eigenvalue weighted by Gasteiger charge is 2.31. The molecular formula is C23H25N3O7S. The lowest BCUT2D eigenvalue weighted by atomic mass is 10.1. The number of aryl methyl sites for hydroxylation is 2. The predicted octanol–water partition coefficient (Wildman–Crippen LogP) is 2.30. The molecule has 1 heterocycles. The van der Waals surface area contributed by atoms with E-state index >= 15 is 0 Å². The monoisotopic (exact) mass is 487 g/mol. The molecule has 0 aromatic heterocycles. The largest absolute Gasteiger partial charge is 0.452 e. The second-order valence-corrected chi connectivity index (χ2v) is 9.72. The van der Waals surface area contributed by atoms with Gasteiger partial charge in [0.15, 0.2) is 6.61 Å². The van der Waals surface area contributed by atoms with Gasteiger partial charge in [0, 0.05) is 38.3 Å². The predicted molar refractivity (Wildman–Crippen MR) is 124 cm³/mol. The van der Waals surface area contributed by atoms with Crippen LogP contribution >= 0.6 is 0 Å². The van der Waals surface area contributed by atoms with Crippen molar-refractivity contribution < 1.29 is 27.7 Å². The fraction of sp³-hybridized carbons (Fsp3) is 0.304. The maximum absolute atomic E-state index is 13.0. The number of nitrogens with zero attached hydrogens (tertiary/aromatic N) is 3. The van der Waals surface area contributed by atoms with Gasteiger partial charge in [-0.2, -0.15) is 4.31 Å². The molecule has 2 aromatic rings. The van der Waals surface area contributed by atoms with Gasteiger partial charge in [-0.25, -0.2) is 13.2 Å². The van der Waals surface area contributed by atoms with E-state index in [0.29, 0.717) is 5.56 Å². The topological polar surface area (TPSA) is 127 Å². The zero-order valence-corrected chi connectivity index (χ0v) is 19.7. The van der Waals surface area contributed by atoms with Gasteiger partial charge in [0.1, 0.15) is 0 Å². The van der Waals surface area contributed by atoms with Crippen molar-refractivity contribution in [2.75, 3.05) is 32.8 Å². The van der Waals surface area contributed by atoms with Gasteiger partial charge in [-0.1, -0.05) is 29.8 Å². The summed E-state index contributed by atoms with van der Waals surface area (Å²) >= 11 is 0. The van der Waals surface area contributed by atoms with Crippen LogP contribution in [0.15, 0.2) is 53.4 Å². The Kier molecular flexibility index (Phi) is 7.79. The zero-order chi connectivity index (χ0) is 24.9. The molecule has 0 spiro atoms. The lowest BCUT2D eigenvalue weighted by Gasteiger charge is -2.34. The van der Waals surface area contributed by atoms with Gasteiger partial charge in [-0.3, -0.25) is 14.9 Å².